The maximum absolute atomic E-state index is 11.7. The number of ether oxygens (including phenoxy) is 3. The van der Waals surface area contributed by atoms with Gasteiger partial charge < -0.3 is 19.5 Å². The SMILES string of the molecule is CCCOCCC(=O)Nc1cccc(OCC(=O)OC)c1. The lowest BCUT2D eigenvalue weighted by molar-refractivity contribution is -0.142. The van der Waals surface area contributed by atoms with Crippen LogP contribution < -0.4 is 10.1 Å². The molecule has 116 valence electrons. The van der Waals surface area contributed by atoms with E-state index in [2.05, 4.69) is 10.1 Å². The first-order chi connectivity index (χ1) is 10.2. The topological polar surface area (TPSA) is 73.9 Å². The Morgan fingerprint density at radius 3 is 2.76 bits per heavy atom. The van der Waals surface area contributed by atoms with Crippen LogP contribution in [0.2, 0.25) is 0 Å². The molecule has 0 atom stereocenters. The van der Waals surface area contributed by atoms with Crippen LogP contribution in [0.5, 0.6) is 5.75 Å². The van der Waals surface area contributed by atoms with Gasteiger partial charge in [-0.1, -0.05) is 13.0 Å². The normalized spacial score (nSPS) is 10.0. The quantitative estimate of drug-likeness (QED) is 0.557. The van der Waals surface area contributed by atoms with Gasteiger partial charge in [-0.25, -0.2) is 4.79 Å². The van der Waals surface area contributed by atoms with E-state index in [1.54, 1.807) is 24.3 Å². The summed E-state index contributed by atoms with van der Waals surface area (Å²) in [5.41, 5.74) is 0.609. The molecule has 6 heteroatoms. The van der Waals surface area contributed by atoms with Gasteiger partial charge in [0.05, 0.1) is 20.1 Å². The molecule has 0 saturated carbocycles. The van der Waals surface area contributed by atoms with Crippen molar-refractivity contribution in [3.05, 3.63) is 24.3 Å². The number of hydrogen-bond donors (Lipinski definition) is 1. The minimum atomic E-state index is -0.461. The number of methoxy groups -OCH3 is 1. The van der Waals surface area contributed by atoms with E-state index in [-0.39, 0.29) is 12.5 Å². The third-order valence-electron chi connectivity index (χ3n) is 2.52. The molecule has 0 aliphatic heterocycles. The van der Waals surface area contributed by atoms with Crippen molar-refractivity contribution in [2.75, 3.05) is 32.2 Å². The maximum Gasteiger partial charge on any atom is 0.343 e. The molecule has 0 aromatic heterocycles. The molecule has 0 aliphatic carbocycles. The van der Waals surface area contributed by atoms with Crippen molar-refractivity contribution in [2.24, 2.45) is 0 Å². The molecule has 1 aromatic rings. The van der Waals surface area contributed by atoms with Crippen LogP contribution in [0, 0.1) is 0 Å². The summed E-state index contributed by atoms with van der Waals surface area (Å²) in [6.45, 7) is 2.90. The summed E-state index contributed by atoms with van der Waals surface area (Å²) >= 11 is 0. The average Bonchev–Trinajstić information content (AvgIpc) is 2.49. The van der Waals surface area contributed by atoms with Crippen molar-refractivity contribution in [2.45, 2.75) is 19.8 Å². The molecule has 0 fully saturated rings. The van der Waals surface area contributed by atoms with Crippen LogP contribution in [0.1, 0.15) is 19.8 Å². The van der Waals surface area contributed by atoms with Crippen LogP contribution in [0.15, 0.2) is 24.3 Å². The number of carbonyl (C=O) groups excluding carboxylic acids is 2. The Bertz CT molecular complexity index is 461. The molecule has 21 heavy (non-hydrogen) atoms. The lowest BCUT2D eigenvalue weighted by atomic mass is 10.3. The summed E-state index contributed by atoms with van der Waals surface area (Å²) in [7, 11) is 1.29. The van der Waals surface area contributed by atoms with Crippen molar-refractivity contribution in [3.8, 4) is 5.75 Å². The van der Waals surface area contributed by atoms with Gasteiger partial charge in [-0.3, -0.25) is 4.79 Å². The molecule has 1 aromatic carbocycles. The molecule has 0 bridgehead atoms. The zero-order valence-corrected chi connectivity index (χ0v) is 12.4. The minimum Gasteiger partial charge on any atom is -0.482 e. The highest BCUT2D eigenvalue weighted by atomic mass is 16.6. The molecule has 0 spiro atoms. The van der Waals surface area contributed by atoms with Crippen LogP contribution in [-0.4, -0.2) is 38.8 Å². The fourth-order valence-corrected chi connectivity index (χ4v) is 1.50. The Hall–Kier alpha value is -2.08. The van der Waals surface area contributed by atoms with E-state index < -0.39 is 5.97 Å². The predicted octanol–water partition coefficient (Wildman–Crippen LogP) is 1.99. The largest absolute Gasteiger partial charge is 0.482 e. The van der Waals surface area contributed by atoms with Crippen LogP contribution in [0.3, 0.4) is 0 Å². The van der Waals surface area contributed by atoms with Crippen LogP contribution in [0.4, 0.5) is 5.69 Å². The first-order valence-corrected chi connectivity index (χ1v) is 6.83. The highest BCUT2D eigenvalue weighted by Crippen LogP contribution is 2.17. The standard InChI is InChI=1S/C15H21NO5/c1-3-8-20-9-7-14(17)16-12-5-4-6-13(10-12)21-11-15(18)19-2/h4-6,10H,3,7-9,11H2,1-2H3,(H,16,17). The van der Waals surface area contributed by atoms with Crippen LogP contribution in [0.25, 0.3) is 0 Å². The monoisotopic (exact) mass is 295 g/mol. The summed E-state index contributed by atoms with van der Waals surface area (Å²) in [5, 5.41) is 2.75. The second kappa shape index (κ2) is 9.77. The first-order valence-electron chi connectivity index (χ1n) is 6.83. The Kier molecular flexibility index (Phi) is 7.89. The van der Waals surface area contributed by atoms with E-state index in [4.69, 9.17) is 9.47 Å². The number of hydrogen-bond acceptors (Lipinski definition) is 5. The molecule has 1 amide bonds. The second-order valence-electron chi connectivity index (χ2n) is 4.30. The fourth-order valence-electron chi connectivity index (χ4n) is 1.50. The summed E-state index contributed by atoms with van der Waals surface area (Å²) in [5.74, 6) is -0.103. The number of anilines is 1. The molecule has 1 rings (SSSR count). The van der Waals surface area contributed by atoms with Crippen LogP contribution in [-0.2, 0) is 19.1 Å². The van der Waals surface area contributed by atoms with Gasteiger partial charge in [-0.2, -0.15) is 0 Å². The van der Waals surface area contributed by atoms with Gasteiger partial charge in [0.25, 0.3) is 0 Å². The van der Waals surface area contributed by atoms with Crippen molar-refractivity contribution in [1.29, 1.82) is 0 Å². The van der Waals surface area contributed by atoms with Crippen molar-refractivity contribution < 1.29 is 23.8 Å². The molecule has 1 N–H and O–H groups in total. The van der Waals surface area contributed by atoms with Gasteiger partial charge in [0.15, 0.2) is 6.61 Å². The minimum absolute atomic E-state index is 0.128. The van der Waals surface area contributed by atoms with Gasteiger partial charge >= 0.3 is 5.97 Å². The maximum atomic E-state index is 11.7. The number of nitrogens with one attached hydrogen (secondary N) is 1. The van der Waals surface area contributed by atoms with E-state index in [1.165, 1.54) is 7.11 Å². The van der Waals surface area contributed by atoms with Crippen molar-refractivity contribution in [3.63, 3.8) is 0 Å². The Labute approximate surface area is 124 Å². The van der Waals surface area contributed by atoms with E-state index in [0.29, 0.717) is 31.1 Å². The highest BCUT2D eigenvalue weighted by Gasteiger charge is 2.05. The Morgan fingerprint density at radius 2 is 2.05 bits per heavy atom. The number of benzene rings is 1. The first kappa shape index (κ1) is 17.0. The third-order valence-corrected chi connectivity index (χ3v) is 2.52. The van der Waals surface area contributed by atoms with Gasteiger partial charge in [0.2, 0.25) is 5.91 Å². The predicted molar refractivity (Wildman–Crippen MR) is 78.3 cm³/mol. The van der Waals surface area contributed by atoms with Crippen molar-refractivity contribution >= 4 is 17.6 Å². The van der Waals surface area contributed by atoms with E-state index in [1.807, 2.05) is 6.92 Å². The molecule has 0 aliphatic rings. The zero-order valence-electron chi connectivity index (χ0n) is 12.4. The third kappa shape index (κ3) is 7.31. The van der Waals surface area contributed by atoms with Gasteiger partial charge in [0.1, 0.15) is 5.75 Å². The smallest absolute Gasteiger partial charge is 0.343 e. The zero-order chi connectivity index (χ0) is 15.5. The molecule has 6 nitrogen and oxygen atoms in total. The molecule has 0 unspecified atom stereocenters. The van der Waals surface area contributed by atoms with E-state index in [9.17, 15) is 9.59 Å². The highest BCUT2D eigenvalue weighted by molar-refractivity contribution is 5.90. The lowest BCUT2D eigenvalue weighted by Gasteiger charge is -2.08. The molecule has 0 heterocycles. The number of amides is 1. The summed E-state index contributed by atoms with van der Waals surface area (Å²) in [6.07, 6.45) is 1.23. The molecule has 0 radical (unpaired) electrons. The van der Waals surface area contributed by atoms with Gasteiger partial charge in [0, 0.05) is 18.4 Å². The van der Waals surface area contributed by atoms with E-state index >= 15 is 0 Å². The van der Waals surface area contributed by atoms with Crippen LogP contribution >= 0.6 is 0 Å². The number of rotatable bonds is 9. The fraction of sp³-hybridized carbons (Fsp3) is 0.467. The molecular formula is C15H21NO5. The number of esters is 1. The summed E-state index contributed by atoms with van der Waals surface area (Å²) in [4.78, 5) is 22.7. The lowest BCUT2D eigenvalue weighted by Crippen LogP contribution is -2.15. The Balaban J connectivity index is 2.41. The molecular weight excluding hydrogens is 274 g/mol. The number of carbonyl (C=O) groups is 2. The molecule has 0 saturated heterocycles. The second-order valence-corrected chi connectivity index (χ2v) is 4.30. The Morgan fingerprint density at radius 1 is 1.24 bits per heavy atom. The average molecular weight is 295 g/mol. The summed E-state index contributed by atoms with van der Waals surface area (Å²) in [6, 6.07) is 6.82. The summed E-state index contributed by atoms with van der Waals surface area (Å²) < 4.78 is 15.0. The van der Waals surface area contributed by atoms with Gasteiger partial charge in [-0.05, 0) is 18.6 Å². The van der Waals surface area contributed by atoms with Crippen molar-refractivity contribution in [1.82, 2.24) is 0 Å². The van der Waals surface area contributed by atoms with Gasteiger partial charge in [-0.15, -0.1) is 0 Å². The van der Waals surface area contributed by atoms with E-state index in [0.717, 1.165) is 6.42 Å².